The SMILES string of the molecule is CCC1CCCCCC[C@H](OC2O[C@@H](C)[C@@H](O)[C@@H](NC)[C@H]2O)[C@@H](C)C(=O)NCCC1. The third-order valence-corrected chi connectivity index (χ3v) is 6.97. The molecule has 0 aromatic rings. The van der Waals surface area contributed by atoms with E-state index in [1.165, 1.54) is 32.1 Å². The second kappa shape index (κ2) is 13.0. The summed E-state index contributed by atoms with van der Waals surface area (Å²) in [7, 11) is 1.70. The molecular weight excluding hydrogens is 384 g/mol. The number of hydrogen-bond donors (Lipinski definition) is 4. The van der Waals surface area contributed by atoms with Crippen LogP contribution in [0.25, 0.3) is 0 Å². The Labute approximate surface area is 182 Å². The van der Waals surface area contributed by atoms with Crippen molar-refractivity contribution in [2.45, 2.75) is 115 Å². The van der Waals surface area contributed by atoms with Gasteiger partial charge in [0.05, 0.1) is 30.3 Å². The van der Waals surface area contributed by atoms with Gasteiger partial charge in [-0.3, -0.25) is 4.79 Å². The molecule has 30 heavy (non-hydrogen) atoms. The lowest BCUT2D eigenvalue weighted by Gasteiger charge is -2.43. The van der Waals surface area contributed by atoms with Crippen LogP contribution < -0.4 is 10.6 Å². The number of rotatable bonds is 4. The summed E-state index contributed by atoms with van der Waals surface area (Å²) in [6, 6.07) is -0.534. The van der Waals surface area contributed by atoms with Gasteiger partial charge in [-0.1, -0.05) is 52.4 Å². The fraction of sp³-hybridized carbons (Fsp3) is 0.957. The van der Waals surface area contributed by atoms with Crippen LogP contribution in [0.1, 0.15) is 78.6 Å². The number of nitrogens with one attached hydrogen (secondary N) is 2. The van der Waals surface area contributed by atoms with Gasteiger partial charge in [-0.05, 0) is 39.2 Å². The lowest BCUT2D eigenvalue weighted by Crippen LogP contribution is -2.62. The highest BCUT2D eigenvalue weighted by Crippen LogP contribution is 2.27. The highest BCUT2D eigenvalue weighted by molar-refractivity contribution is 5.78. The predicted octanol–water partition coefficient (Wildman–Crippen LogP) is 2.34. The molecule has 2 fully saturated rings. The van der Waals surface area contributed by atoms with E-state index in [0.29, 0.717) is 6.54 Å². The summed E-state index contributed by atoms with van der Waals surface area (Å²) in [6.07, 6.45) is 6.47. The minimum atomic E-state index is -1.00. The Kier molecular flexibility index (Phi) is 11.0. The average molecular weight is 429 g/mol. The van der Waals surface area contributed by atoms with Crippen molar-refractivity contribution in [3.05, 3.63) is 0 Å². The van der Waals surface area contributed by atoms with Gasteiger partial charge in [0.2, 0.25) is 5.91 Å². The fourth-order valence-electron chi connectivity index (χ4n) is 4.71. The van der Waals surface area contributed by atoms with Gasteiger partial charge >= 0.3 is 0 Å². The van der Waals surface area contributed by atoms with Gasteiger partial charge in [0.1, 0.15) is 6.10 Å². The Hall–Kier alpha value is -0.730. The van der Waals surface area contributed by atoms with Crippen molar-refractivity contribution in [1.82, 2.24) is 10.6 Å². The van der Waals surface area contributed by atoms with E-state index < -0.39 is 30.6 Å². The minimum absolute atomic E-state index is 0.00587. The Morgan fingerprint density at radius 3 is 2.40 bits per heavy atom. The molecule has 2 saturated heterocycles. The number of ether oxygens (including phenoxy) is 2. The molecule has 2 aliphatic heterocycles. The van der Waals surface area contributed by atoms with E-state index in [-0.39, 0.29) is 17.9 Å². The summed E-state index contributed by atoms with van der Waals surface area (Å²) >= 11 is 0. The van der Waals surface area contributed by atoms with Crippen molar-refractivity contribution in [3.63, 3.8) is 0 Å². The highest BCUT2D eigenvalue weighted by Gasteiger charge is 2.44. The first-order chi connectivity index (χ1) is 14.4. The zero-order valence-electron chi connectivity index (χ0n) is 19.3. The van der Waals surface area contributed by atoms with E-state index in [4.69, 9.17) is 9.47 Å². The van der Waals surface area contributed by atoms with Crippen molar-refractivity contribution in [2.24, 2.45) is 11.8 Å². The Morgan fingerprint density at radius 2 is 1.73 bits per heavy atom. The van der Waals surface area contributed by atoms with Crippen LogP contribution in [-0.2, 0) is 14.3 Å². The largest absolute Gasteiger partial charge is 0.389 e. The molecule has 2 aliphatic rings. The molecule has 0 spiro atoms. The van der Waals surface area contributed by atoms with Crippen LogP contribution in [0.5, 0.6) is 0 Å². The predicted molar refractivity (Wildman–Crippen MR) is 117 cm³/mol. The van der Waals surface area contributed by atoms with Crippen molar-refractivity contribution >= 4 is 5.91 Å². The molecule has 1 amide bonds. The van der Waals surface area contributed by atoms with Gasteiger partial charge in [-0.15, -0.1) is 0 Å². The van der Waals surface area contributed by atoms with Crippen LogP contribution in [0.15, 0.2) is 0 Å². The summed E-state index contributed by atoms with van der Waals surface area (Å²) in [5, 5.41) is 26.9. The number of likely N-dealkylation sites (N-methyl/N-ethyl adjacent to an activating group) is 1. The van der Waals surface area contributed by atoms with Crippen LogP contribution in [0, 0.1) is 11.8 Å². The number of aliphatic hydroxyl groups excluding tert-OH is 2. The molecule has 0 radical (unpaired) electrons. The van der Waals surface area contributed by atoms with Gasteiger partial charge in [0, 0.05) is 6.54 Å². The van der Waals surface area contributed by atoms with Crippen molar-refractivity contribution in [1.29, 1.82) is 0 Å². The first-order valence-electron chi connectivity index (χ1n) is 12.0. The summed E-state index contributed by atoms with van der Waals surface area (Å²) in [6.45, 7) is 6.62. The van der Waals surface area contributed by atoms with E-state index in [1.54, 1.807) is 14.0 Å². The number of aliphatic hydroxyl groups is 2. The van der Waals surface area contributed by atoms with Gasteiger partial charge < -0.3 is 30.3 Å². The highest BCUT2D eigenvalue weighted by atomic mass is 16.7. The van der Waals surface area contributed by atoms with Gasteiger partial charge in [-0.2, -0.15) is 0 Å². The van der Waals surface area contributed by atoms with E-state index in [2.05, 4.69) is 17.6 Å². The molecule has 2 rings (SSSR count). The van der Waals surface area contributed by atoms with Crippen LogP contribution in [0.3, 0.4) is 0 Å². The Morgan fingerprint density at radius 1 is 1.07 bits per heavy atom. The molecule has 4 N–H and O–H groups in total. The maximum atomic E-state index is 12.8. The Bertz CT molecular complexity index is 506. The number of amides is 1. The lowest BCUT2D eigenvalue weighted by molar-refractivity contribution is -0.287. The molecule has 0 saturated carbocycles. The molecule has 8 atom stereocenters. The molecule has 0 aromatic heterocycles. The number of carbonyl (C=O) groups excluding carboxylic acids is 1. The zero-order chi connectivity index (χ0) is 22.1. The topological polar surface area (TPSA) is 100 Å². The summed E-state index contributed by atoms with van der Waals surface area (Å²) < 4.78 is 12.0. The molecule has 2 unspecified atom stereocenters. The summed E-state index contributed by atoms with van der Waals surface area (Å²) in [5.41, 5.74) is 0. The molecule has 0 bridgehead atoms. The lowest BCUT2D eigenvalue weighted by atomic mass is 9.92. The normalized spacial score (nSPS) is 40.4. The van der Waals surface area contributed by atoms with Crippen molar-refractivity contribution in [2.75, 3.05) is 13.6 Å². The third-order valence-electron chi connectivity index (χ3n) is 6.97. The molecular formula is C23H44N2O5. The van der Waals surface area contributed by atoms with E-state index in [1.807, 2.05) is 6.92 Å². The third kappa shape index (κ3) is 7.16. The quantitative estimate of drug-likeness (QED) is 0.548. The molecule has 7 heteroatoms. The average Bonchev–Trinajstić information content (AvgIpc) is 2.73. The molecule has 7 nitrogen and oxygen atoms in total. The van der Waals surface area contributed by atoms with E-state index in [9.17, 15) is 15.0 Å². The van der Waals surface area contributed by atoms with Gasteiger partial charge in [0.15, 0.2) is 6.29 Å². The van der Waals surface area contributed by atoms with Crippen LogP contribution >= 0.6 is 0 Å². The van der Waals surface area contributed by atoms with Crippen molar-refractivity contribution < 1.29 is 24.5 Å². The smallest absolute Gasteiger partial charge is 0.225 e. The van der Waals surface area contributed by atoms with Crippen LogP contribution in [0.4, 0.5) is 0 Å². The standard InChI is InChI=1S/C23H44N2O5/c1-5-17-11-8-6-7-9-13-18(15(2)22(28)25-14-10-12-17)30-23-21(27)19(24-4)20(26)16(3)29-23/h15-21,23-24,26-27H,5-14H2,1-4H3,(H,25,28)/t15-,16+,17?,18+,19-,20-,21-,23?/m1/s1. The monoisotopic (exact) mass is 428 g/mol. The van der Waals surface area contributed by atoms with Crippen LogP contribution in [-0.4, -0.2) is 66.5 Å². The van der Waals surface area contributed by atoms with Crippen LogP contribution in [0.2, 0.25) is 0 Å². The minimum Gasteiger partial charge on any atom is -0.389 e. The zero-order valence-corrected chi connectivity index (χ0v) is 19.3. The van der Waals surface area contributed by atoms with Crippen molar-refractivity contribution in [3.8, 4) is 0 Å². The van der Waals surface area contributed by atoms with Gasteiger partial charge in [-0.25, -0.2) is 0 Å². The first-order valence-corrected chi connectivity index (χ1v) is 12.0. The van der Waals surface area contributed by atoms with Gasteiger partial charge in [0.25, 0.3) is 0 Å². The fourth-order valence-corrected chi connectivity index (χ4v) is 4.71. The maximum absolute atomic E-state index is 12.8. The molecule has 0 aromatic carbocycles. The van der Waals surface area contributed by atoms with E-state index in [0.717, 1.165) is 31.6 Å². The summed E-state index contributed by atoms with van der Waals surface area (Å²) in [5.74, 6) is 0.426. The number of carbonyl (C=O) groups is 1. The molecule has 176 valence electrons. The second-order valence-corrected chi connectivity index (χ2v) is 9.17. The second-order valence-electron chi connectivity index (χ2n) is 9.17. The first kappa shape index (κ1) is 25.5. The Balaban J connectivity index is 2.02. The number of hydrogen-bond acceptors (Lipinski definition) is 6. The maximum Gasteiger partial charge on any atom is 0.225 e. The molecule has 0 aliphatic carbocycles. The molecule has 2 heterocycles. The van der Waals surface area contributed by atoms with E-state index >= 15 is 0 Å². The summed E-state index contributed by atoms with van der Waals surface area (Å²) in [4.78, 5) is 12.8.